The van der Waals surface area contributed by atoms with E-state index in [9.17, 15) is 14.4 Å². The van der Waals surface area contributed by atoms with Crippen molar-refractivity contribution in [2.75, 3.05) is 17.3 Å². The van der Waals surface area contributed by atoms with Crippen LogP contribution < -0.4 is 15.5 Å². The van der Waals surface area contributed by atoms with Crippen LogP contribution in [0.4, 0.5) is 15.5 Å². The summed E-state index contributed by atoms with van der Waals surface area (Å²) in [5.74, 6) is -0.0411. The molecule has 0 atom stereocenters. The van der Waals surface area contributed by atoms with Gasteiger partial charge in [-0.3, -0.25) is 14.5 Å². The Kier molecular flexibility index (Phi) is 7.00. The summed E-state index contributed by atoms with van der Waals surface area (Å²) < 4.78 is 5.36. The molecule has 0 aliphatic heterocycles. The van der Waals surface area contributed by atoms with Crippen molar-refractivity contribution >= 4 is 39.9 Å². The molecule has 31 heavy (non-hydrogen) atoms. The smallest absolute Gasteiger partial charge is 0.415 e. The number of rotatable bonds is 6. The number of hydrogen-bond donors (Lipinski definition) is 2. The number of benzene rings is 1. The molecule has 0 unspecified atom stereocenters. The SMILES string of the molecule is CN(C(=O)OC(C)(C)C)c1ccc(C(=O)NCc2cccc(NC(=O)C3CCC3)c2)s1. The molecule has 0 radical (unpaired) electrons. The third-order valence-electron chi connectivity index (χ3n) is 4.94. The standard InChI is InChI=1S/C23H29N3O4S/c1-23(2,3)30-22(29)26(4)19-12-11-18(31-19)21(28)24-14-15-7-5-10-17(13-15)25-20(27)16-8-6-9-16/h5,7,10-13,16H,6,8-9,14H2,1-4H3,(H,24,28)(H,25,27). The van der Waals surface area contributed by atoms with Crippen LogP contribution in [-0.2, 0) is 16.1 Å². The topological polar surface area (TPSA) is 87.7 Å². The number of nitrogens with one attached hydrogen (secondary N) is 2. The normalized spacial score (nSPS) is 13.8. The molecule has 1 aliphatic rings. The van der Waals surface area contributed by atoms with Crippen LogP contribution in [0.15, 0.2) is 36.4 Å². The van der Waals surface area contributed by atoms with Gasteiger partial charge in [0, 0.05) is 25.2 Å². The number of ether oxygens (including phenoxy) is 1. The monoisotopic (exact) mass is 443 g/mol. The average Bonchev–Trinajstić information content (AvgIpc) is 3.13. The van der Waals surface area contributed by atoms with Gasteiger partial charge in [-0.15, -0.1) is 11.3 Å². The van der Waals surface area contributed by atoms with Crippen molar-refractivity contribution in [2.24, 2.45) is 5.92 Å². The molecule has 8 heteroatoms. The molecule has 1 aromatic carbocycles. The average molecular weight is 444 g/mol. The fourth-order valence-corrected chi connectivity index (χ4v) is 3.87. The van der Waals surface area contributed by atoms with Crippen LogP contribution in [0.25, 0.3) is 0 Å². The quantitative estimate of drug-likeness (QED) is 0.672. The number of thiophene rings is 1. The van der Waals surface area contributed by atoms with Gasteiger partial charge < -0.3 is 15.4 Å². The van der Waals surface area contributed by atoms with Gasteiger partial charge in [0.05, 0.1) is 4.88 Å². The highest BCUT2D eigenvalue weighted by Crippen LogP contribution is 2.28. The Morgan fingerprint density at radius 1 is 1.16 bits per heavy atom. The molecule has 3 amide bonds. The Morgan fingerprint density at radius 3 is 2.55 bits per heavy atom. The zero-order chi connectivity index (χ0) is 22.6. The lowest BCUT2D eigenvalue weighted by Crippen LogP contribution is -2.33. The van der Waals surface area contributed by atoms with E-state index in [4.69, 9.17) is 4.74 Å². The Labute approximate surface area is 186 Å². The first-order chi connectivity index (χ1) is 14.6. The maximum Gasteiger partial charge on any atom is 0.415 e. The van der Waals surface area contributed by atoms with Gasteiger partial charge in [-0.05, 0) is 63.4 Å². The van der Waals surface area contributed by atoms with Crippen LogP contribution in [-0.4, -0.2) is 30.6 Å². The lowest BCUT2D eigenvalue weighted by Gasteiger charge is -2.24. The number of anilines is 2. The van der Waals surface area contributed by atoms with Crippen LogP contribution in [0.3, 0.4) is 0 Å². The van der Waals surface area contributed by atoms with Gasteiger partial charge in [0.15, 0.2) is 0 Å². The summed E-state index contributed by atoms with van der Waals surface area (Å²) in [4.78, 5) is 38.8. The van der Waals surface area contributed by atoms with Crippen molar-refractivity contribution in [3.63, 3.8) is 0 Å². The maximum atomic E-state index is 12.5. The summed E-state index contributed by atoms with van der Waals surface area (Å²) in [6, 6.07) is 10.9. The van der Waals surface area contributed by atoms with E-state index in [1.165, 1.54) is 16.2 Å². The molecule has 1 aromatic heterocycles. The third-order valence-corrected chi connectivity index (χ3v) is 6.10. The van der Waals surface area contributed by atoms with Gasteiger partial charge in [0.2, 0.25) is 5.91 Å². The van der Waals surface area contributed by atoms with Crippen LogP contribution in [0, 0.1) is 5.92 Å². The summed E-state index contributed by atoms with van der Waals surface area (Å²) in [5.41, 5.74) is 1.04. The highest BCUT2D eigenvalue weighted by molar-refractivity contribution is 7.18. The zero-order valence-corrected chi connectivity index (χ0v) is 19.2. The molecule has 1 saturated carbocycles. The summed E-state index contributed by atoms with van der Waals surface area (Å²) in [7, 11) is 1.62. The van der Waals surface area contributed by atoms with Crippen LogP contribution in [0.5, 0.6) is 0 Å². The van der Waals surface area contributed by atoms with Gasteiger partial charge in [-0.2, -0.15) is 0 Å². The van der Waals surface area contributed by atoms with Crippen molar-refractivity contribution < 1.29 is 19.1 Å². The Hall–Kier alpha value is -2.87. The molecule has 7 nitrogen and oxygen atoms in total. The predicted octanol–water partition coefficient (Wildman–Crippen LogP) is 4.79. The van der Waals surface area contributed by atoms with Crippen LogP contribution >= 0.6 is 11.3 Å². The molecule has 0 spiro atoms. The summed E-state index contributed by atoms with van der Waals surface area (Å²) in [5, 5.41) is 6.46. The van der Waals surface area contributed by atoms with Crippen LogP contribution in [0.1, 0.15) is 55.3 Å². The second kappa shape index (κ2) is 9.51. The summed E-state index contributed by atoms with van der Waals surface area (Å²) in [6.45, 7) is 5.75. The largest absolute Gasteiger partial charge is 0.443 e. The lowest BCUT2D eigenvalue weighted by molar-refractivity contribution is -0.122. The zero-order valence-electron chi connectivity index (χ0n) is 18.4. The highest BCUT2D eigenvalue weighted by atomic mass is 32.1. The van der Waals surface area contributed by atoms with Crippen LogP contribution in [0.2, 0.25) is 0 Å². The minimum absolute atomic E-state index is 0.0626. The van der Waals surface area contributed by atoms with Gasteiger partial charge in [-0.1, -0.05) is 18.6 Å². The lowest BCUT2D eigenvalue weighted by atomic mass is 9.85. The first kappa shape index (κ1) is 22.8. The fraction of sp³-hybridized carbons (Fsp3) is 0.435. The Morgan fingerprint density at radius 2 is 1.90 bits per heavy atom. The molecule has 0 saturated heterocycles. The Bertz CT molecular complexity index is 960. The van der Waals surface area contributed by atoms with Crippen molar-refractivity contribution in [2.45, 2.75) is 52.2 Å². The number of carbonyl (C=O) groups is 3. The van der Waals surface area contributed by atoms with E-state index in [-0.39, 0.29) is 17.7 Å². The molecule has 1 heterocycles. The van der Waals surface area contributed by atoms with E-state index in [0.717, 1.165) is 30.5 Å². The van der Waals surface area contributed by atoms with Crippen molar-refractivity contribution in [3.8, 4) is 0 Å². The molecular weight excluding hydrogens is 414 g/mol. The second-order valence-corrected chi connectivity index (χ2v) is 9.74. The van der Waals surface area contributed by atoms with Crippen molar-refractivity contribution in [1.82, 2.24) is 5.32 Å². The van der Waals surface area contributed by atoms with Gasteiger partial charge in [0.1, 0.15) is 10.6 Å². The van der Waals surface area contributed by atoms with E-state index in [2.05, 4.69) is 10.6 Å². The van der Waals surface area contributed by atoms with E-state index < -0.39 is 11.7 Å². The second-order valence-electron chi connectivity index (χ2n) is 8.68. The van der Waals surface area contributed by atoms with E-state index in [1.807, 2.05) is 24.3 Å². The molecule has 3 rings (SSSR count). The summed E-state index contributed by atoms with van der Waals surface area (Å²) in [6.07, 6.45) is 2.55. The maximum absolute atomic E-state index is 12.5. The van der Waals surface area contributed by atoms with E-state index in [0.29, 0.717) is 16.4 Å². The number of hydrogen-bond acceptors (Lipinski definition) is 5. The molecule has 2 N–H and O–H groups in total. The van der Waals surface area contributed by atoms with Crippen molar-refractivity contribution in [3.05, 3.63) is 46.8 Å². The number of nitrogens with zero attached hydrogens (tertiary/aromatic N) is 1. The van der Waals surface area contributed by atoms with E-state index >= 15 is 0 Å². The minimum atomic E-state index is -0.589. The van der Waals surface area contributed by atoms with E-state index in [1.54, 1.807) is 40.0 Å². The third kappa shape index (κ3) is 6.30. The van der Waals surface area contributed by atoms with Crippen molar-refractivity contribution in [1.29, 1.82) is 0 Å². The molecule has 0 bridgehead atoms. The Balaban J connectivity index is 1.55. The first-order valence-electron chi connectivity index (χ1n) is 10.4. The number of carbonyl (C=O) groups excluding carboxylic acids is 3. The summed E-state index contributed by atoms with van der Waals surface area (Å²) >= 11 is 1.22. The first-order valence-corrected chi connectivity index (χ1v) is 11.2. The molecular formula is C23H29N3O4S. The molecule has 2 aromatic rings. The predicted molar refractivity (Wildman–Crippen MR) is 123 cm³/mol. The fourth-order valence-electron chi connectivity index (χ4n) is 2.99. The minimum Gasteiger partial charge on any atom is -0.443 e. The molecule has 1 fully saturated rings. The van der Waals surface area contributed by atoms with Gasteiger partial charge in [-0.25, -0.2) is 4.79 Å². The van der Waals surface area contributed by atoms with Gasteiger partial charge in [0.25, 0.3) is 5.91 Å². The highest BCUT2D eigenvalue weighted by Gasteiger charge is 2.25. The van der Waals surface area contributed by atoms with Gasteiger partial charge >= 0.3 is 6.09 Å². The molecule has 1 aliphatic carbocycles. The molecule has 166 valence electrons. The number of amides is 3.